The molecule has 0 unspecified atom stereocenters. The average Bonchev–Trinajstić information content (AvgIpc) is 3.20. The summed E-state index contributed by atoms with van der Waals surface area (Å²) >= 11 is 6.23. The van der Waals surface area contributed by atoms with Gasteiger partial charge in [-0.3, -0.25) is 9.59 Å². The molecule has 0 spiro atoms. The molecule has 0 fully saturated rings. The van der Waals surface area contributed by atoms with Crippen LogP contribution in [0.4, 0.5) is 5.69 Å². The van der Waals surface area contributed by atoms with Gasteiger partial charge in [-0.15, -0.1) is 0 Å². The first-order chi connectivity index (χ1) is 13.6. The molecular formula is C20H19ClN2O5. The van der Waals surface area contributed by atoms with Gasteiger partial charge in [-0.05, 0) is 30.7 Å². The van der Waals surface area contributed by atoms with E-state index in [2.05, 4.69) is 5.32 Å². The van der Waals surface area contributed by atoms with Crippen molar-refractivity contribution in [1.82, 2.24) is 5.32 Å². The number of nitrogens with zero attached hydrogens (tertiary/aromatic N) is 1. The molecule has 8 heteroatoms. The van der Waals surface area contributed by atoms with E-state index in [0.717, 1.165) is 6.42 Å². The molecule has 0 aromatic heterocycles. The standard InChI is InChI=1S/C20H19ClN2O5/c1-2-7-22-19(24)17-10-23(14-5-3-4-6-15(14)28-17)20(25)12-8-13(21)18-16(9-12)26-11-27-18/h3-6,8-9,17H,2,7,10-11H2,1H3,(H,22,24)/t17-/m0/s1. The van der Waals surface area contributed by atoms with Gasteiger partial charge >= 0.3 is 0 Å². The first kappa shape index (κ1) is 18.4. The van der Waals surface area contributed by atoms with E-state index in [1.807, 2.05) is 13.0 Å². The minimum atomic E-state index is -0.796. The van der Waals surface area contributed by atoms with E-state index in [4.69, 9.17) is 25.8 Å². The van der Waals surface area contributed by atoms with Crippen LogP contribution in [0.1, 0.15) is 23.7 Å². The molecule has 0 radical (unpaired) electrons. The fourth-order valence-electron chi connectivity index (χ4n) is 3.17. The average molecular weight is 403 g/mol. The summed E-state index contributed by atoms with van der Waals surface area (Å²) < 4.78 is 16.5. The highest BCUT2D eigenvalue weighted by Crippen LogP contribution is 2.41. The topological polar surface area (TPSA) is 77.1 Å². The Hall–Kier alpha value is -2.93. The van der Waals surface area contributed by atoms with Crippen LogP contribution in [0.2, 0.25) is 5.02 Å². The van der Waals surface area contributed by atoms with Gasteiger partial charge in [-0.25, -0.2) is 0 Å². The van der Waals surface area contributed by atoms with Gasteiger partial charge in [0.25, 0.3) is 11.8 Å². The SMILES string of the molecule is CCCNC(=O)[C@@H]1CN(C(=O)c2cc(Cl)c3c(c2)OCO3)c2ccccc2O1. The zero-order valence-corrected chi connectivity index (χ0v) is 16.0. The van der Waals surface area contributed by atoms with Crippen molar-refractivity contribution >= 4 is 29.1 Å². The molecule has 4 rings (SSSR count). The largest absolute Gasteiger partial charge is 0.477 e. The number of anilines is 1. The minimum Gasteiger partial charge on any atom is -0.477 e. The van der Waals surface area contributed by atoms with Gasteiger partial charge in [0, 0.05) is 12.1 Å². The van der Waals surface area contributed by atoms with Crippen molar-refractivity contribution < 1.29 is 23.8 Å². The second-order valence-electron chi connectivity index (χ2n) is 6.47. The van der Waals surface area contributed by atoms with Gasteiger partial charge in [0.2, 0.25) is 6.79 Å². The van der Waals surface area contributed by atoms with Crippen molar-refractivity contribution in [2.24, 2.45) is 0 Å². The Morgan fingerprint density at radius 2 is 2.04 bits per heavy atom. The summed E-state index contributed by atoms with van der Waals surface area (Å²) in [6.45, 7) is 2.67. The normalized spacial score (nSPS) is 16.9. The van der Waals surface area contributed by atoms with Gasteiger partial charge in [-0.2, -0.15) is 0 Å². The molecular weight excluding hydrogens is 384 g/mol. The first-order valence-electron chi connectivity index (χ1n) is 9.03. The number of carbonyl (C=O) groups excluding carboxylic acids is 2. The Kier molecular flexibility index (Phi) is 5.00. The fraction of sp³-hybridized carbons (Fsp3) is 0.300. The van der Waals surface area contributed by atoms with Crippen LogP contribution in [-0.2, 0) is 4.79 Å². The predicted molar refractivity (Wildman–Crippen MR) is 103 cm³/mol. The number of fused-ring (bicyclic) bond motifs is 2. The Balaban J connectivity index is 1.66. The minimum absolute atomic E-state index is 0.0623. The number of benzene rings is 2. The van der Waals surface area contributed by atoms with E-state index in [-0.39, 0.29) is 25.2 Å². The third kappa shape index (κ3) is 3.33. The second-order valence-corrected chi connectivity index (χ2v) is 6.88. The second kappa shape index (κ2) is 7.59. The number of hydrogen-bond donors (Lipinski definition) is 1. The molecule has 2 aliphatic rings. The molecule has 2 heterocycles. The third-order valence-electron chi connectivity index (χ3n) is 4.53. The summed E-state index contributed by atoms with van der Waals surface area (Å²) in [5.74, 6) is 0.778. The maximum absolute atomic E-state index is 13.3. The van der Waals surface area contributed by atoms with Crippen LogP contribution in [0.25, 0.3) is 0 Å². The van der Waals surface area contributed by atoms with Gasteiger partial charge in [0.15, 0.2) is 17.6 Å². The maximum Gasteiger partial charge on any atom is 0.262 e. The van der Waals surface area contributed by atoms with Crippen molar-refractivity contribution in [1.29, 1.82) is 0 Å². The fourth-order valence-corrected chi connectivity index (χ4v) is 3.44. The molecule has 2 amide bonds. The van der Waals surface area contributed by atoms with Crippen molar-refractivity contribution in [2.45, 2.75) is 19.4 Å². The molecule has 0 saturated carbocycles. The van der Waals surface area contributed by atoms with Gasteiger partial charge in [0.1, 0.15) is 5.75 Å². The van der Waals surface area contributed by atoms with Gasteiger partial charge in [0.05, 0.1) is 17.3 Å². The molecule has 7 nitrogen and oxygen atoms in total. The Bertz CT molecular complexity index is 933. The first-order valence-corrected chi connectivity index (χ1v) is 9.40. The highest BCUT2D eigenvalue weighted by Gasteiger charge is 2.34. The summed E-state index contributed by atoms with van der Waals surface area (Å²) in [6.07, 6.45) is 0.0165. The molecule has 2 aliphatic heterocycles. The number of nitrogens with one attached hydrogen (secondary N) is 1. The van der Waals surface area contributed by atoms with E-state index in [9.17, 15) is 9.59 Å². The number of halogens is 1. The zero-order valence-electron chi connectivity index (χ0n) is 15.2. The van der Waals surface area contributed by atoms with E-state index in [1.165, 1.54) is 4.90 Å². The highest BCUT2D eigenvalue weighted by atomic mass is 35.5. The Labute approximate surface area is 167 Å². The molecule has 1 N–H and O–H groups in total. The van der Waals surface area contributed by atoms with Crippen molar-refractivity contribution in [3.05, 3.63) is 47.0 Å². The van der Waals surface area contributed by atoms with Crippen LogP contribution in [0.15, 0.2) is 36.4 Å². The van der Waals surface area contributed by atoms with E-state index >= 15 is 0 Å². The van der Waals surface area contributed by atoms with Crippen LogP contribution in [-0.4, -0.2) is 37.8 Å². The summed E-state index contributed by atoms with van der Waals surface area (Å²) in [5.41, 5.74) is 0.944. The number of hydrogen-bond acceptors (Lipinski definition) is 5. The number of amides is 2. The summed E-state index contributed by atoms with van der Waals surface area (Å²) in [5, 5.41) is 3.12. The van der Waals surface area contributed by atoms with Crippen molar-refractivity contribution in [2.75, 3.05) is 24.8 Å². The molecule has 2 aromatic carbocycles. The highest BCUT2D eigenvalue weighted by molar-refractivity contribution is 6.33. The Morgan fingerprint density at radius 3 is 2.86 bits per heavy atom. The number of para-hydroxylation sites is 2. The molecule has 2 aromatic rings. The summed E-state index contributed by atoms with van der Waals surface area (Å²) in [7, 11) is 0. The number of rotatable bonds is 4. The van der Waals surface area contributed by atoms with Crippen LogP contribution >= 0.6 is 11.6 Å². The zero-order chi connectivity index (χ0) is 19.7. The lowest BCUT2D eigenvalue weighted by atomic mass is 10.1. The van der Waals surface area contributed by atoms with Crippen LogP contribution in [0.3, 0.4) is 0 Å². The lowest BCUT2D eigenvalue weighted by molar-refractivity contribution is -0.127. The maximum atomic E-state index is 13.3. The molecule has 146 valence electrons. The Morgan fingerprint density at radius 1 is 1.21 bits per heavy atom. The number of carbonyl (C=O) groups is 2. The molecule has 1 atom stereocenters. The predicted octanol–water partition coefficient (Wildman–Crippen LogP) is 3.00. The summed E-state index contributed by atoms with van der Waals surface area (Å²) in [6, 6.07) is 10.3. The summed E-state index contributed by atoms with van der Waals surface area (Å²) in [4.78, 5) is 27.3. The quantitative estimate of drug-likeness (QED) is 0.850. The molecule has 0 aliphatic carbocycles. The van der Waals surface area contributed by atoms with E-state index in [1.54, 1.807) is 30.3 Å². The van der Waals surface area contributed by atoms with E-state index < -0.39 is 6.10 Å². The lowest BCUT2D eigenvalue weighted by Crippen LogP contribution is -2.50. The molecule has 28 heavy (non-hydrogen) atoms. The third-order valence-corrected chi connectivity index (χ3v) is 4.82. The number of ether oxygens (including phenoxy) is 3. The van der Waals surface area contributed by atoms with Crippen LogP contribution in [0, 0.1) is 0 Å². The van der Waals surface area contributed by atoms with Gasteiger partial charge < -0.3 is 24.4 Å². The van der Waals surface area contributed by atoms with Gasteiger partial charge in [-0.1, -0.05) is 30.7 Å². The smallest absolute Gasteiger partial charge is 0.262 e. The molecule has 0 saturated heterocycles. The molecule has 0 bridgehead atoms. The van der Waals surface area contributed by atoms with Crippen molar-refractivity contribution in [3.63, 3.8) is 0 Å². The lowest BCUT2D eigenvalue weighted by Gasteiger charge is -2.34. The van der Waals surface area contributed by atoms with E-state index in [0.29, 0.717) is 40.1 Å². The van der Waals surface area contributed by atoms with Crippen LogP contribution in [0.5, 0.6) is 17.2 Å². The monoisotopic (exact) mass is 402 g/mol. The van der Waals surface area contributed by atoms with Crippen molar-refractivity contribution in [3.8, 4) is 17.2 Å². The van der Waals surface area contributed by atoms with Crippen LogP contribution < -0.4 is 24.4 Å².